The Balaban J connectivity index is 1.41. The highest BCUT2D eigenvalue weighted by Gasteiger charge is 2.26. The van der Waals surface area contributed by atoms with Crippen LogP contribution in [0.2, 0.25) is 0 Å². The van der Waals surface area contributed by atoms with Gasteiger partial charge in [-0.2, -0.15) is 0 Å². The van der Waals surface area contributed by atoms with Crippen LogP contribution in [-0.2, 0) is 7.05 Å². The summed E-state index contributed by atoms with van der Waals surface area (Å²) in [5.41, 5.74) is 4.60. The molecule has 1 aliphatic heterocycles. The first-order valence-electron chi connectivity index (χ1n) is 10.2. The quantitative estimate of drug-likeness (QED) is 0.521. The number of hydrogen-bond donors (Lipinski definition) is 0. The second-order valence-corrected chi connectivity index (χ2v) is 7.89. The van der Waals surface area contributed by atoms with Crippen LogP contribution >= 0.6 is 0 Å². The second-order valence-electron chi connectivity index (χ2n) is 7.89. The van der Waals surface area contributed by atoms with Gasteiger partial charge in [-0.05, 0) is 43.9 Å². The van der Waals surface area contributed by atoms with Gasteiger partial charge in [0.1, 0.15) is 11.9 Å². The van der Waals surface area contributed by atoms with E-state index < -0.39 is 0 Å². The van der Waals surface area contributed by atoms with Gasteiger partial charge in [0.2, 0.25) is 5.95 Å². The number of furan rings is 1. The summed E-state index contributed by atoms with van der Waals surface area (Å²) in [6.07, 6.45) is 7.00. The van der Waals surface area contributed by atoms with E-state index in [1.807, 2.05) is 12.3 Å². The largest absolute Gasteiger partial charge is 0.464 e. The van der Waals surface area contributed by atoms with Crippen LogP contribution in [-0.4, -0.2) is 32.6 Å². The van der Waals surface area contributed by atoms with Crippen molar-refractivity contribution in [3.63, 3.8) is 0 Å². The molecule has 7 heteroatoms. The van der Waals surface area contributed by atoms with Gasteiger partial charge in [-0.1, -0.05) is 11.6 Å². The van der Waals surface area contributed by atoms with E-state index in [-0.39, 0.29) is 5.56 Å². The molecule has 4 heterocycles. The highest BCUT2D eigenvalue weighted by Crippen LogP contribution is 2.35. The fraction of sp³-hybridized carbons (Fsp3) is 0.304. The molecule has 0 N–H and O–H groups in total. The van der Waals surface area contributed by atoms with E-state index in [0.29, 0.717) is 23.3 Å². The van der Waals surface area contributed by atoms with Crippen LogP contribution in [0.4, 0.5) is 5.95 Å². The number of rotatable bonds is 3. The molecule has 3 aromatic heterocycles. The van der Waals surface area contributed by atoms with E-state index in [1.165, 1.54) is 28.9 Å². The number of benzene rings is 1. The number of fused-ring (bicyclic) bond motifs is 1. The Morgan fingerprint density at radius 2 is 1.93 bits per heavy atom. The van der Waals surface area contributed by atoms with E-state index in [9.17, 15) is 4.79 Å². The van der Waals surface area contributed by atoms with Crippen molar-refractivity contribution in [2.24, 2.45) is 7.05 Å². The molecule has 1 aliphatic rings. The fourth-order valence-corrected chi connectivity index (χ4v) is 4.25. The zero-order valence-corrected chi connectivity index (χ0v) is 17.1. The van der Waals surface area contributed by atoms with Gasteiger partial charge in [0.25, 0.3) is 5.56 Å². The van der Waals surface area contributed by atoms with Gasteiger partial charge in [-0.15, -0.1) is 0 Å². The van der Waals surface area contributed by atoms with Crippen molar-refractivity contribution in [3.05, 3.63) is 70.6 Å². The molecule has 1 aromatic carbocycles. The van der Waals surface area contributed by atoms with E-state index in [4.69, 9.17) is 9.40 Å². The van der Waals surface area contributed by atoms with Crippen molar-refractivity contribution >= 4 is 16.9 Å². The number of anilines is 1. The minimum absolute atomic E-state index is 0.0907. The third-order valence-corrected chi connectivity index (χ3v) is 5.93. The lowest BCUT2D eigenvalue weighted by atomic mass is 9.89. The van der Waals surface area contributed by atoms with Crippen LogP contribution in [0.15, 0.2) is 58.3 Å². The Kier molecular flexibility index (Phi) is 4.58. The third kappa shape index (κ3) is 3.26. The molecule has 0 amide bonds. The summed E-state index contributed by atoms with van der Waals surface area (Å²) in [4.78, 5) is 27.7. The molecule has 0 saturated carbocycles. The summed E-state index contributed by atoms with van der Waals surface area (Å²) in [5.74, 6) is 1.12. The molecule has 0 radical (unpaired) electrons. The Morgan fingerprint density at radius 1 is 1.10 bits per heavy atom. The van der Waals surface area contributed by atoms with Crippen molar-refractivity contribution < 1.29 is 4.42 Å². The minimum atomic E-state index is -0.0907. The second kappa shape index (κ2) is 7.40. The SMILES string of the molecule is Cc1ccc2occ(C3CCN(c4nc(-c5ccncn5)cc(=O)n4C)CC3)c2c1. The van der Waals surface area contributed by atoms with E-state index in [2.05, 4.69) is 33.9 Å². The Bertz CT molecular complexity index is 1250. The summed E-state index contributed by atoms with van der Waals surface area (Å²) in [6, 6.07) is 9.62. The van der Waals surface area contributed by atoms with Gasteiger partial charge < -0.3 is 9.32 Å². The van der Waals surface area contributed by atoms with Crippen molar-refractivity contribution in [1.82, 2.24) is 19.5 Å². The average Bonchev–Trinajstić information content (AvgIpc) is 3.19. The topological polar surface area (TPSA) is 77.1 Å². The number of aromatic nitrogens is 4. The summed E-state index contributed by atoms with van der Waals surface area (Å²) in [7, 11) is 1.77. The minimum Gasteiger partial charge on any atom is -0.464 e. The molecule has 0 bridgehead atoms. The van der Waals surface area contributed by atoms with Crippen LogP contribution < -0.4 is 10.5 Å². The molecule has 30 heavy (non-hydrogen) atoms. The lowest BCUT2D eigenvalue weighted by Crippen LogP contribution is -2.37. The van der Waals surface area contributed by atoms with Crippen molar-refractivity contribution in [1.29, 1.82) is 0 Å². The highest BCUT2D eigenvalue weighted by atomic mass is 16.3. The van der Waals surface area contributed by atoms with E-state index in [0.717, 1.165) is 31.5 Å². The van der Waals surface area contributed by atoms with Gasteiger partial charge in [0.15, 0.2) is 0 Å². The number of aryl methyl sites for hydroxylation is 1. The molecular formula is C23H23N5O2. The molecule has 7 nitrogen and oxygen atoms in total. The maximum absolute atomic E-state index is 12.5. The van der Waals surface area contributed by atoms with Crippen LogP contribution in [0.1, 0.15) is 29.9 Å². The fourth-order valence-electron chi connectivity index (χ4n) is 4.25. The average molecular weight is 401 g/mol. The molecule has 1 fully saturated rings. The van der Waals surface area contributed by atoms with E-state index in [1.54, 1.807) is 23.9 Å². The lowest BCUT2D eigenvalue weighted by molar-refractivity contribution is 0.488. The third-order valence-electron chi connectivity index (χ3n) is 5.93. The summed E-state index contributed by atoms with van der Waals surface area (Å²) in [6.45, 7) is 3.77. The predicted octanol–water partition coefficient (Wildman–Crippen LogP) is 3.68. The smallest absolute Gasteiger partial charge is 0.255 e. The molecule has 5 rings (SSSR count). The molecule has 152 valence electrons. The highest BCUT2D eigenvalue weighted by molar-refractivity contribution is 5.82. The molecule has 0 aliphatic carbocycles. The Hall–Kier alpha value is -3.48. The summed E-state index contributed by atoms with van der Waals surface area (Å²) in [5, 5.41) is 1.21. The van der Waals surface area contributed by atoms with Crippen LogP contribution in [0.3, 0.4) is 0 Å². The van der Waals surface area contributed by atoms with Crippen molar-refractivity contribution in [3.8, 4) is 11.4 Å². The number of nitrogens with zero attached hydrogens (tertiary/aromatic N) is 5. The summed E-state index contributed by atoms with van der Waals surface area (Å²) >= 11 is 0. The normalized spacial score (nSPS) is 15.1. The Morgan fingerprint density at radius 3 is 2.70 bits per heavy atom. The summed E-state index contributed by atoms with van der Waals surface area (Å²) < 4.78 is 7.40. The lowest BCUT2D eigenvalue weighted by Gasteiger charge is -2.33. The molecule has 0 spiro atoms. The molecule has 0 unspecified atom stereocenters. The first-order chi connectivity index (χ1) is 14.6. The van der Waals surface area contributed by atoms with Gasteiger partial charge >= 0.3 is 0 Å². The maximum Gasteiger partial charge on any atom is 0.255 e. The van der Waals surface area contributed by atoms with Crippen LogP contribution in [0.5, 0.6) is 0 Å². The zero-order chi connectivity index (χ0) is 20.7. The first-order valence-corrected chi connectivity index (χ1v) is 10.2. The van der Waals surface area contributed by atoms with Crippen LogP contribution in [0.25, 0.3) is 22.4 Å². The van der Waals surface area contributed by atoms with Gasteiger partial charge in [-0.3, -0.25) is 9.36 Å². The molecule has 0 atom stereocenters. The molecule has 4 aromatic rings. The predicted molar refractivity (Wildman–Crippen MR) is 116 cm³/mol. The molecule has 1 saturated heterocycles. The van der Waals surface area contributed by atoms with Crippen LogP contribution in [0, 0.1) is 6.92 Å². The standard InChI is InChI=1S/C23H23N5O2/c1-15-3-4-21-17(11-15)18(13-30-21)16-6-9-28(10-7-16)23-26-20(12-22(29)27(23)2)19-5-8-24-14-25-19/h3-5,8,11-14,16H,6-7,9-10H2,1-2H3. The van der Waals surface area contributed by atoms with Gasteiger partial charge in [-0.25, -0.2) is 15.0 Å². The number of piperidine rings is 1. The monoisotopic (exact) mass is 401 g/mol. The van der Waals surface area contributed by atoms with E-state index >= 15 is 0 Å². The van der Waals surface area contributed by atoms with Gasteiger partial charge in [0, 0.05) is 43.4 Å². The Labute approximate surface area is 174 Å². The van der Waals surface area contributed by atoms with Crippen molar-refractivity contribution in [2.75, 3.05) is 18.0 Å². The van der Waals surface area contributed by atoms with Crippen molar-refractivity contribution in [2.45, 2.75) is 25.7 Å². The van der Waals surface area contributed by atoms with Gasteiger partial charge in [0.05, 0.1) is 17.7 Å². The molecular weight excluding hydrogens is 378 g/mol. The maximum atomic E-state index is 12.5. The first kappa shape index (κ1) is 18.5. The zero-order valence-electron chi connectivity index (χ0n) is 17.1. The number of hydrogen-bond acceptors (Lipinski definition) is 6.